The van der Waals surface area contributed by atoms with E-state index >= 15 is 0 Å². The van der Waals surface area contributed by atoms with E-state index in [1.807, 2.05) is 0 Å². The van der Waals surface area contributed by atoms with Gasteiger partial charge in [-0.3, -0.25) is 9.80 Å². The zero-order valence-electron chi connectivity index (χ0n) is 12.8. The number of hydrogen-bond acceptors (Lipinski definition) is 4. The first-order valence-corrected chi connectivity index (χ1v) is 7.09. The number of nitrogens with zero attached hydrogens (tertiary/aromatic N) is 2. The number of piperazine rings is 1. The first kappa shape index (κ1) is 15.9. The van der Waals surface area contributed by atoms with Gasteiger partial charge in [0.25, 0.3) is 0 Å². The molecule has 1 aliphatic rings. The van der Waals surface area contributed by atoms with Crippen molar-refractivity contribution in [2.45, 2.75) is 45.2 Å². The lowest BCUT2D eigenvalue weighted by Gasteiger charge is -2.49. The molecule has 0 aromatic heterocycles. The Morgan fingerprint density at radius 2 is 1.56 bits per heavy atom. The van der Waals surface area contributed by atoms with Gasteiger partial charge in [0, 0.05) is 45.4 Å². The van der Waals surface area contributed by atoms with Crippen molar-refractivity contribution >= 4 is 0 Å². The van der Waals surface area contributed by atoms with Crippen LogP contribution in [-0.4, -0.2) is 67.3 Å². The van der Waals surface area contributed by atoms with Crippen molar-refractivity contribution < 1.29 is 4.74 Å². The summed E-state index contributed by atoms with van der Waals surface area (Å²) in [5, 5.41) is 0. The van der Waals surface area contributed by atoms with Gasteiger partial charge in [0.2, 0.25) is 0 Å². The minimum Gasteiger partial charge on any atom is -0.383 e. The summed E-state index contributed by atoms with van der Waals surface area (Å²) in [5.41, 5.74) is 6.32. The van der Waals surface area contributed by atoms with E-state index in [2.05, 4.69) is 37.5 Å². The normalized spacial score (nSPS) is 23.0. The summed E-state index contributed by atoms with van der Waals surface area (Å²) in [6.45, 7) is 14.9. The molecule has 18 heavy (non-hydrogen) atoms. The molecule has 0 spiro atoms. The summed E-state index contributed by atoms with van der Waals surface area (Å²) in [7, 11) is 1.77. The Bertz CT molecular complexity index is 238. The molecule has 0 bridgehead atoms. The first-order chi connectivity index (χ1) is 8.39. The van der Waals surface area contributed by atoms with Gasteiger partial charge in [-0.25, -0.2) is 0 Å². The van der Waals surface area contributed by atoms with Crippen molar-refractivity contribution in [2.75, 3.05) is 46.4 Å². The minimum atomic E-state index is 0.0265. The maximum atomic E-state index is 6.02. The van der Waals surface area contributed by atoms with Crippen LogP contribution in [0.4, 0.5) is 0 Å². The third-order valence-corrected chi connectivity index (χ3v) is 4.35. The SMILES string of the molecule is CCC(CN)(COC)N1CCN(C(C)(C)C)CC1. The number of hydrogen-bond donors (Lipinski definition) is 1. The van der Waals surface area contributed by atoms with Crippen LogP contribution in [0.2, 0.25) is 0 Å². The molecule has 0 radical (unpaired) electrons. The van der Waals surface area contributed by atoms with E-state index in [9.17, 15) is 0 Å². The molecule has 4 heteroatoms. The monoisotopic (exact) mass is 257 g/mol. The Hall–Kier alpha value is -0.160. The Labute approximate surface area is 112 Å². The fourth-order valence-corrected chi connectivity index (χ4v) is 2.87. The maximum Gasteiger partial charge on any atom is 0.0658 e. The Balaban J connectivity index is 2.65. The molecule has 0 saturated carbocycles. The average Bonchev–Trinajstić information content (AvgIpc) is 2.35. The lowest BCUT2D eigenvalue weighted by molar-refractivity contribution is -0.0322. The standard InChI is InChI=1S/C14H31N3O/c1-6-14(11-15,12-18-5)17-9-7-16(8-10-17)13(2,3)4/h6-12,15H2,1-5H3. The van der Waals surface area contributed by atoms with Crippen LogP contribution in [0.5, 0.6) is 0 Å². The number of nitrogens with two attached hydrogens (primary N) is 1. The van der Waals surface area contributed by atoms with Crippen LogP contribution >= 0.6 is 0 Å². The molecular formula is C14H31N3O. The maximum absolute atomic E-state index is 6.02. The third kappa shape index (κ3) is 3.44. The molecule has 108 valence electrons. The van der Waals surface area contributed by atoms with Gasteiger partial charge in [-0.2, -0.15) is 0 Å². The van der Waals surface area contributed by atoms with Crippen LogP contribution in [0, 0.1) is 0 Å². The van der Waals surface area contributed by atoms with E-state index in [-0.39, 0.29) is 11.1 Å². The summed E-state index contributed by atoms with van der Waals surface area (Å²) in [4.78, 5) is 5.08. The molecule has 1 unspecified atom stereocenters. The van der Waals surface area contributed by atoms with Crippen LogP contribution in [0.3, 0.4) is 0 Å². The zero-order valence-corrected chi connectivity index (χ0v) is 12.8. The number of methoxy groups -OCH3 is 1. The Morgan fingerprint density at radius 1 is 1.06 bits per heavy atom. The van der Waals surface area contributed by atoms with Crippen molar-refractivity contribution in [1.29, 1.82) is 0 Å². The van der Waals surface area contributed by atoms with E-state index in [1.165, 1.54) is 0 Å². The number of ether oxygens (including phenoxy) is 1. The first-order valence-electron chi connectivity index (χ1n) is 7.09. The summed E-state index contributed by atoms with van der Waals surface area (Å²) in [6, 6.07) is 0. The van der Waals surface area contributed by atoms with Crippen LogP contribution in [0.25, 0.3) is 0 Å². The van der Waals surface area contributed by atoms with E-state index in [0.717, 1.165) is 39.2 Å². The van der Waals surface area contributed by atoms with Gasteiger partial charge in [-0.05, 0) is 27.2 Å². The molecule has 0 aromatic carbocycles. The summed E-state index contributed by atoms with van der Waals surface area (Å²) in [5.74, 6) is 0. The second-order valence-electron chi connectivity index (χ2n) is 6.36. The highest BCUT2D eigenvalue weighted by Gasteiger charge is 2.37. The van der Waals surface area contributed by atoms with E-state index in [1.54, 1.807) is 7.11 Å². The van der Waals surface area contributed by atoms with Gasteiger partial charge in [0.05, 0.1) is 12.1 Å². The summed E-state index contributed by atoms with van der Waals surface area (Å²) >= 11 is 0. The second kappa shape index (κ2) is 6.33. The van der Waals surface area contributed by atoms with Gasteiger partial charge in [-0.1, -0.05) is 6.92 Å². The summed E-state index contributed by atoms with van der Waals surface area (Å²) in [6.07, 6.45) is 1.05. The smallest absolute Gasteiger partial charge is 0.0658 e. The summed E-state index contributed by atoms with van der Waals surface area (Å²) < 4.78 is 5.40. The molecule has 0 amide bonds. The van der Waals surface area contributed by atoms with Crippen LogP contribution in [0.15, 0.2) is 0 Å². The molecule has 1 saturated heterocycles. The highest BCUT2D eigenvalue weighted by Crippen LogP contribution is 2.24. The molecule has 0 aliphatic carbocycles. The molecule has 4 nitrogen and oxygen atoms in total. The fourth-order valence-electron chi connectivity index (χ4n) is 2.87. The van der Waals surface area contributed by atoms with E-state index in [4.69, 9.17) is 10.5 Å². The van der Waals surface area contributed by atoms with Gasteiger partial charge < -0.3 is 10.5 Å². The van der Waals surface area contributed by atoms with Crippen molar-refractivity contribution in [3.63, 3.8) is 0 Å². The molecule has 1 heterocycles. The molecule has 1 aliphatic heterocycles. The molecule has 1 rings (SSSR count). The van der Waals surface area contributed by atoms with Crippen molar-refractivity contribution in [3.8, 4) is 0 Å². The van der Waals surface area contributed by atoms with Crippen LogP contribution in [0.1, 0.15) is 34.1 Å². The lowest BCUT2D eigenvalue weighted by Crippen LogP contribution is -2.63. The van der Waals surface area contributed by atoms with Crippen LogP contribution < -0.4 is 5.73 Å². The third-order valence-electron chi connectivity index (χ3n) is 4.35. The number of rotatable bonds is 5. The lowest BCUT2D eigenvalue weighted by atomic mass is 9.93. The average molecular weight is 257 g/mol. The predicted molar refractivity (Wildman–Crippen MR) is 76.9 cm³/mol. The Morgan fingerprint density at radius 3 is 1.89 bits per heavy atom. The van der Waals surface area contributed by atoms with E-state index < -0.39 is 0 Å². The molecular weight excluding hydrogens is 226 g/mol. The molecule has 1 fully saturated rings. The molecule has 2 N–H and O–H groups in total. The second-order valence-corrected chi connectivity index (χ2v) is 6.36. The highest BCUT2D eigenvalue weighted by molar-refractivity contribution is 4.94. The molecule has 0 aromatic rings. The fraction of sp³-hybridized carbons (Fsp3) is 1.00. The highest BCUT2D eigenvalue weighted by atomic mass is 16.5. The van der Waals surface area contributed by atoms with Crippen molar-refractivity contribution in [2.24, 2.45) is 5.73 Å². The molecule has 1 atom stereocenters. The van der Waals surface area contributed by atoms with Gasteiger partial charge in [0.15, 0.2) is 0 Å². The Kier molecular flexibility index (Phi) is 5.59. The van der Waals surface area contributed by atoms with Crippen LogP contribution in [-0.2, 0) is 4.74 Å². The van der Waals surface area contributed by atoms with E-state index in [0.29, 0.717) is 6.54 Å². The van der Waals surface area contributed by atoms with Gasteiger partial charge in [0.1, 0.15) is 0 Å². The van der Waals surface area contributed by atoms with Crippen molar-refractivity contribution in [3.05, 3.63) is 0 Å². The predicted octanol–water partition coefficient (Wildman–Crippen LogP) is 1.16. The van der Waals surface area contributed by atoms with Gasteiger partial charge in [-0.15, -0.1) is 0 Å². The minimum absolute atomic E-state index is 0.0265. The largest absolute Gasteiger partial charge is 0.383 e. The van der Waals surface area contributed by atoms with Crippen molar-refractivity contribution in [1.82, 2.24) is 9.80 Å². The quantitative estimate of drug-likeness (QED) is 0.802. The van der Waals surface area contributed by atoms with Gasteiger partial charge >= 0.3 is 0 Å². The zero-order chi connectivity index (χ0) is 13.8. The topological polar surface area (TPSA) is 41.7 Å².